The maximum atomic E-state index is 12.4. The molecule has 0 heterocycles. The molecule has 0 radical (unpaired) electrons. The van der Waals surface area contributed by atoms with Crippen molar-refractivity contribution < 1.29 is 28.5 Å². The molecule has 0 aliphatic rings. The molecule has 0 saturated carbocycles. The Labute approximate surface area is 127 Å². The van der Waals surface area contributed by atoms with E-state index in [1.165, 1.54) is 0 Å². The van der Waals surface area contributed by atoms with Gasteiger partial charge in [-0.15, -0.1) is 0 Å². The highest BCUT2D eigenvalue weighted by Crippen LogP contribution is 2.19. The average molecular weight is 304 g/mol. The Morgan fingerprint density at radius 1 is 0.857 bits per heavy atom. The molecule has 0 aromatic carbocycles. The van der Waals surface area contributed by atoms with Crippen LogP contribution >= 0.6 is 0 Å². The largest absolute Gasteiger partial charge is 0.462 e. The van der Waals surface area contributed by atoms with E-state index in [0.29, 0.717) is 19.4 Å². The van der Waals surface area contributed by atoms with Gasteiger partial charge < -0.3 is 18.9 Å². The highest BCUT2D eigenvalue weighted by Gasteiger charge is 2.50. The number of esters is 1. The number of hydrogen-bond acceptors (Lipinski definition) is 6. The van der Waals surface area contributed by atoms with Crippen molar-refractivity contribution in [2.24, 2.45) is 0 Å². The highest BCUT2D eigenvalue weighted by atomic mass is 16.7. The van der Waals surface area contributed by atoms with E-state index >= 15 is 0 Å². The van der Waals surface area contributed by atoms with Crippen molar-refractivity contribution in [3.05, 3.63) is 0 Å². The molecule has 0 bridgehead atoms. The molecule has 0 aromatic heterocycles. The first-order chi connectivity index (χ1) is 10.1. The van der Waals surface area contributed by atoms with Crippen molar-refractivity contribution in [2.75, 3.05) is 33.0 Å². The summed E-state index contributed by atoms with van der Waals surface area (Å²) in [6.07, 6.45) is 2.09. The molecule has 0 unspecified atom stereocenters. The fourth-order valence-corrected chi connectivity index (χ4v) is 1.56. The van der Waals surface area contributed by atoms with E-state index in [4.69, 9.17) is 18.9 Å². The number of Topliss-reactive ketones (excluding diaryl/α,β-unsaturated/α-hetero) is 1. The molecule has 6 heteroatoms. The van der Waals surface area contributed by atoms with Crippen LogP contribution in [0.5, 0.6) is 0 Å². The lowest BCUT2D eigenvalue weighted by Crippen LogP contribution is -2.54. The van der Waals surface area contributed by atoms with Crippen LogP contribution in [0.4, 0.5) is 0 Å². The summed E-state index contributed by atoms with van der Waals surface area (Å²) in [5.74, 6) is -3.37. The van der Waals surface area contributed by atoms with Gasteiger partial charge in [-0.05, 0) is 26.2 Å². The van der Waals surface area contributed by atoms with Crippen LogP contribution in [0, 0.1) is 0 Å². The third kappa shape index (κ3) is 6.54. The van der Waals surface area contributed by atoms with Crippen LogP contribution in [0.1, 0.15) is 47.0 Å². The van der Waals surface area contributed by atoms with E-state index in [2.05, 4.69) is 0 Å². The van der Waals surface area contributed by atoms with Crippen molar-refractivity contribution in [2.45, 2.75) is 52.7 Å². The quantitative estimate of drug-likeness (QED) is 0.224. The summed E-state index contributed by atoms with van der Waals surface area (Å²) in [5.41, 5.74) is 0. The van der Waals surface area contributed by atoms with Crippen molar-refractivity contribution in [3.8, 4) is 0 Å². The molecule has 0 spiro atoms. The van der Waals surface area contributed by atoms with Gasteiger partial charge in [0, 0.05) is 6.61 Å². The van der Waals surface area contributed by atoms with Crippen LogP contribution in [0.15, 0.2) is 0 Å². The zero-order valence-electron chi connectivity index (χ0n) is 13.6. The number of hydrogen-bond donors (Lipinski definition) is 0. The summed E-state index contributed by atoms with van der Waals surface area (Å²) in [4.78, 5) is 24.6. The minimum Gasteiger partial charge on any atom is -0.462 e. The Hall–Kier alpha value is -0.980. The Morgan fingerprint density at radius 3 is 1.81 bits per heavy atom. The smallest absolute Gasteiger partial charge is 0.375 e. The van der Waals surface area contributed by atoms with Crippen molar-refractivity contribution in [1.29, 1.82) is 0 Å². The fourth-order valence-electron chi connectivity index (χ4n) is 1.56. The number of carbonyl (C=O) groups excluding carboxylic acids is 2. The van der Waals surface area contributed by atoms with E-state index in [0.717, 1.165) is 6.42 Å². The van der Waals surface area contributed by atoms with Gasteiger partial charge >= 0.3 is 11.8 Å². The normalized spacial score (nSPS) is 11.4. The first-order valence-electron chi connectivity index (χ1n) is 7.65. The Kier molecular flexibility index (Phi) is 11.1. The summed E-state index contributed by atoms with van der Waals surface area (Å²) in [6.45, 7) is 8.16. The summed E-state index contributed by atoms with van der Waals surface area (Å²) in [6, 6.07) is 0. The molecular weight excluding hydrogens is 276 g/mol. The lowest BCUT2D eigenvalue weighted by atomic mass is 10.1. The lowest BCUT2D eigenvalue weighted by Gasteiger charge is -2.29. The first kappa shape index (κ1) is 20.0. The molecule has 0 aromatic rings. The first-order valence-corrected chi connectivity index (χ1v) is 7.65. The summed E-state index contributed by atoms with van der Waals surface area (Å²) in [7, 11) is 0. The van der Waals surface area contributed by atoms with E-state index in [9.17, 15) is 9.59 Å². The predicted molar refractivity (Wildman–Crippen MR) is 78.0 cm³/mol. The standard InChI is InChI=1S/C15H28O6/c1-5-9-18-12-13(16)15(20-10-6-2,21-11-7-3)14(17)19-8-4/h5-12H2,1-4H3. The minimum absolute atomic E-state index is 0.147. The minimum atomic E-state index is -2.00. The summed E-state index contributed by atoms with van der Waals surface area (Å²) in [5, 5.41) is 0. The van der Waals surface area contributed by atoms with E-state index < -0.39 is 17.5 Å². The Morgan fingerprint density at radius 2 is 1.38 bits per heavy atom. The second-order valence-corrected chi connectivity index (χ2v) is 4.51. The van der Waals surface area contributed by atoms with Gasteiger partial charge in [0.2, 0.25) is 5.78 Å². The van der Waals surface area contributed by atoms with Gasteiger partial charge in [-0.25, -0.2) is 4.79 Å². The van der Waals surface area contributed by atoms with Gasteiger partial charge in [-0.1, -0.05) is 20.8 Å². The molecule has 0 rings (SSSR count). The van der Waals surface area contributed by atoms with Crippen LogP contribution in [0.2, 0.25) is 0 Å². The molecule has 0 fully saturated rings. The van der Waals surface area contributed by atoms with Crippen LogP contribution in [-0.2, 0) is 28.5 Å². The van der Waals surface area contributed by atoms with Gasteiger partial charge in [-0.2, -0.15) is 0 Å². The second kappa shape index (κ2) is 11.7. The lowest BCUT2D eigenvalue weighted by molar-refractivity contribution is -0.242. The molecule has 6 nitrogen and oxygen atoms in total. The number of ether oxygens (including phenoxy) is 4. The molecule has 0 atom stereocenters. The Bertz CT molecular complexity index is 295. The second-order valence-electron chi connectivity index (χ2n) is 4.51. The van der Waals surface area contributed by atoms with E-state index in [-0.39, 0.29) is 26.4 Å². The number of ketones is 1. The van der Waals surface area contributed by atoms with Crippen LogP contribution in [0.3, 0.4) is 0 Å². The SMILES string of the molecule is CCCOCC(=O)C(OCCC)(OCCC)C(=O)OCC. The fraction of sp³-hybridized carbons (Fsp3) is 0.867. The maximum Gasteiger partial charge on any atom is 0.375 e. The zero-order chi connectivity index (χ0) is 16.1. The molecule has 124 valence electrons. The van der Waals surface area contributed by atoms with Crippen LogP contribution < -0.4 is 0 Å². The van der Waals surface area contributed by atoms with Gasteiger partial charge in [0.25, 0.3) is 0 Å². The summed E-state index contributed by atoms with van der Waals surface area (Å²) >= 11 is 0. The average Bonchev–Trinajstić information content (AvgIpc) is 2.48. The third-order valence-electron chi connectivity index (χ3n) is 2.51. The van der Waals surface area contributed by atoms with Gasteiger partial charge in [-0.3, -0.25) is 4.79 Å². The summed E-state index contributed by atoms with van der Waals surface area (Å²) < 4.78 is 21.1. The third-order valence-corrected chi connectivity index (χ3v) is 2.51. The van der Waals surface area contributed by atoms with E-state index in [1.807, 2.05) is 20.8 Å². The number of rotatable bonds is 13. The van der Waals surface area contributed by atoms with Crippen molar-refractivity contribution in [3.63, 3.8) is 0 Å². The highest BCUT2D eigenvalue weighted by molar-refractivity contribution is 6.06. The van der Waals surface area contributed by atoms with Crippen molar-refractivity contribution in [1.82, 2.24) is 0 Å². The molecule has 0 saturated heterocycles. The van der Waals surface area contributed by atoms with Gasteiger partial charge in [0.15, 0.2) is 0 Å². The zero-order valence-corrected chi connectivity index (χ0v) is 13.6. The molecule has 0 N–H and O–H groups in total. The van der Waals surface area contributed by atoms with Gasteiger partial charge in [0.1, 0.15) is 6.61 Å². The molecule has 0 aliphatic carbocycles. The predicted octanol–water partition coefficient (Wildman–Crippen LogP) is 2.09. The molecule has 21 heavy (non-hydrogen) atoms. The molecule has 0 aliphatic heterocycles. The van der Waals surface area contributed by atoms with Crippen molar-refractivity contribution >= 4 is 11.8 Å². The Balaban J connectivity index is 5.11. The topological polar surface area (TPSA) is 71.1 Å². The number of carbonyl (C=O) groups is 2. The van der Waals surface area contributed by atoms with E-state index in [1.54, 1.807) is 6.92 Å². The van der Waals surface area contributed by atoms with Gasteiger partial charge in [0.05, 0.1) is 19.8 Å². The van der Waals surface area contributed by atoms with Crippen LogP contribution in [-0.4, -0.2) is 50.6 Å². The monoisotopic (exact) mass is 304 g/mol. The van der Waals surface area contributed by atoms with Crippen LogP contribution in [0.25, 0.3) is 0 Å². The maximum absolute atomic E-state index is 12.4. The molecule has 0 amide bonds. The molecular formula is C15H28O6.